The van der Waals surface area contributed by atoms with Crippen LogP contribution in [0.3, 0.4) is 0 Å². The fourth-order valence-corrected chi connectivity index (χ4v) is 4.22. The molecule has 0 aromatic heterocycles. The number of benzene rings is 2. The minimum Gasteiger partial charge on any atom is -0.326 e. The maximum absolute atomic E-state index is 7.04. The van der Waals surface area contributed by atoms with E-state index in [1.165, 1.54) is 59.1 Å². The van der Waals surface area contributed by atoms with Gasteiger partial charge in [-0.3, -0.25) is 0 Å². The molecule has 0 heterocycles. The maximum Gasteiger partial charge on any atom is 0.0831 e. The van der Waals surface area contributed by atoms with Crippen molar-refractivity contribution in [2.75, 3.05) is 0 Å². The first-order valence-corrected chi connectivity index (χ1v) is 9.75. The summed E-state index contributed by atoms with van der Waals surface area (Å²) in [5.41, 5.74) is 20.6. The lowest BCUT2D eigenvalue weighted by molar-refractivity contribution is 0.392. The summed E-state index contributed by atoms with van der Waals surface area (Å²) >= 11 is 0. The van der Waals surface area contributed by atoms with Gasteiger partial charge in [0, 0.05) is 6.04 Å². The highest BCUT2D eigenvalue weighted by Gasteiger charge is 2.44. The van der Waals surface area contributed by atoms with Gasteiger partial charge in [0.2, 0.25) is 0 Å². The maximum atomic E-state index is 7.04. The van der Waals surface area contributed by atoms with Crippen molar-refractivity contribution in [1.29, 1.82) is 0 Å². The quantitative estimate of drug-likeness (QED) is 0.685. The number of hydrogen-bond acceptors (Lipinski definition) is 2. The van der Waals surface area contributed by atoms with E-state index in [-0.39, 0.29) is 6.04 Å². The van der Waals surface area contributed by atoms with Crippen LogP contribution in [0.4, 0.5) is 0 Å². The number of unbranched alkanes of at least 4 members (excludes halogenated alkanes) is 4. The summed E-state index contributed by atoms with van der Waals surface area (Å²) in [6, 6.07) is 13.2. The Labute approximate surface area is 152 Å². The van der Waals surface area contributed by atoms with Crippen molar-refractivity contribution in [2.24, 2.45) is 11.5 Å². The Morgan fingerprint density at radius 2 is 1.36 bits per heavy atom. The zero-order chi connectivity index (χ0) is 18.0. The Balaban J connectivity index is 1.92. The van der Waals surface area contributed by atoms with Gasteiger partial charge in [-0.2, -0.15) is 0 Å². The van der Waals surface area contributed by atoms with Gasteiger partial charge in [-0.05, 0) is 42.5 Å². The van der Waals surface area contributed by atoms with Crippen LogP contribution in [-0.4, -0.2) is 6.04 Å². The van der Waals surface area contributed by atoms with E-state index < -0.39 is 5.54 Å². The zero-order valence-electron chi connectivity index (χ0n) is 15.9. The molecule has 25 heavy (non-hydrogen) atoms. The molecule has 0 saturated heterocycles. The van der Waals surface area contributed by atoms with Crippen LogP contribution in [0.25, 0.3) is 11.1 Å². The summed E-state index contributed by atoms with van der Waals surface area (Å²) < 4.78 is 0. The topological polar surface area (TPSA) is 52.0 Å². The Bertz CT molecular complexity index is 696. The molecule has 1 atom stereocenters. The average molecular weight is 337 g/mol. The van der Waals surface area contributed by atoms with Gasteiger partial charge in [-0.15, -0.1) is 0 Å². The molecule has 0 fully saturated rings. The van der Waals surface area contributed by atoms with E-state index in [0.717, 1.165) is 12.8 Å². The first-order valence-electron chi connectivity index (χ1n) is 9.75. The van der Waals surface area contributed by atoms with Gasteiger partial charge < -0.3 is 11.5 Å². The van der Waals surface area contributed by atoms with E-state index in [1.807, 2.05) is 0 Å². The molecule has 2 nitrogen and oxygen atoms in total. The van der Waals surface area contributed by atoms with Crippen molar-refractivity contribution >= 4 is 0 Å². The highest BCUT2D eigenvalue weighted by Crippen LogP contribution is 2.48. The average Bonchev–Trinajstić information content (AvgIpc) is 2.84. The largest absolute Gasteiger partial charge is 0.326 e. The third-order valence-corrected chi connectivity index (χ3v) is 5.74. The van der Waals surface area contributed by atoms with E-state index in [0.29, 0.717) is 0 Å². The van der Waals surface area contributed by atoms with Crippen LogP contribution in [0, 0.1) is 13.8 Å². The number of aryl methyl sites for hydroxylation is 2. The lowest BCUT2D eigenvalue weighted by Crippen LogP contribution is -2.52. The van der Waals surface area contributed by atoms with Crippen molar-refractivity contribution in [3.63, 3.8) is 0 Å². The first-order chi connectivity index (χ1) is 12.0. The van der Waals surface area contributed by atoms with Crippen LogP contribution in [-0.2, 0) is 5.54 Å². The predicted molar refractivity (Wildman–Crippen MR) is 108 cm³/mol. The van der Waals surface area contributed by atoms with Gasteiger partial charge in [-0.25, -0.2) is 0 Å². The highest BCUT2D eigenvalue weighted by atomic mass is 14.9. The monoisotopic (exact) mass is 336 g/mol. The Hall–Kier alpha value is -1.64. The van der Waals surface area contributed by atoms with Gasteiger partial charge in [0.05, 0.1) is 5.54 Å². The molecular formula is C23H32N2. The minimum absolute atomic E-state index is 0.0560. The molecule has 0 spiro atoms. The molecule has 0 aliphatic heterocycles. The summed E-state index contributed by atoms with van der Waals surface area (Å²) in [5.74, 6) is 0. The van der Waals surface area contributed by atoms with Crippen LogP contribution < -0.4 is 11.5 Å². The predicted octanol–water partition coefficient (Wildman–Crippen LogP) is 5.17. The SMILES string of the molecule is CCCCCCCC(N)C1(N)c2ccc(C)cc2-c2cc(C)ccc21. The van der Waals surface area contributed by atoms with Gasteiger partial charge in [0.25, 0.3) is 0 Å². The van der Waals surface area contributed by atoms with E-state index in [4.69, 9.17) is 11.5 Å². The van der Waals surface area contributed by atoms with E-state index in [9.17, 15) is 0 Å². The fraction of sp³-hybridized carbons (Fsp3) is 0.478. The normalized spacial score (nSPS) is 15.7. The van der Waals surface area contributed by atoms with Crippen molar-refractivity contribution in [3.05, 3.63) is 58.7 Å². The molecule has 0 bridgehead atoms. The standard InChI is InChI=1S/C23H32N2/c1-4-5-6-7-8-9-22(24)23(25)20-12-10-16(2)14-18(20)19-15-17(3)11-13-21(19)23/h10-15,22H,4-9,24-25H2,1-3H3. The van der Waals surface area contributed by atoms with Crippen molar-refractivity contribution in [1.82, 2.24) is 0 Å². The van der Waals surface area contributed by atoms with Gasteiger partial charge in [0.1, 0.15) is 0 Å². The van der Waals surface area contributed by atoms with Crippen LogP contribution in [0.1, 0.15) is 67.7 Å². The summed E-state index contributed by atoms with van der Waals surface area (Å²) in [5, 5.41) is 0. The van der Waals surface area contributed by atoms with Crippen molar-refractivity contribution in [3.8, 4) is 11.1 Å². The molecule has 134 valence electrons. The summed E-state index contributed by atoms with van der Waals surface area (Å²) in [7, 11) is 0. The van der Waals surface area contributed by atoms with Crippen LogP contribution in [0.5, 0.6) is 0 Å². The summed E-state index contributed by atoms with van der Waals surface area (Å²) in [4.78, 5) is 0. The molecule has 2 aromatic rings. The molecular weight excluding hydrogens is 304 g/mol. The van der Waals surface area contributed by atoms with Gasteiger partial charge >= 0.3 is 0 Å². The van der Waals surface area contributed by atoms with Gasteiger partial charge in [-0.1, -0.05) is 86.6 Å². The molecule has 3 rings (SSSR count). The Morgan fingerprint density at radius 1 is 0.840 bits per heavy atom. The third kappa shape index (κ3) is 3.26. The lowest BCUT2D eigenvalue weighted by atomic mass is 9.79. The molecule has 2 aromatic carbocycles. The molecule has 0 radical (unpaired) electrons. The van der Waals surface area contributed by atoms with Crippen molar-refractivity contribution < 1.29 is 0 Å². The second-order valence-corrected chi connectivity index (χ2v) is 7.78. The van der Waals surface area contributed by atoms with E-state index in [1.54, 1.807) is 0 Å². The Morgan fingerprint density at radius 3 is 1.88 bits per heavy atom. The summed E-state index contributed by atoms with van der Waals surface area (Å²) in [6.07, 6.45) is 7.26. The number of fused-ring (bicyclic) bond motifs is 3. The van der Waals surface area contributed by atoms with Crippen molar-refractivity contribution in [2.45, 2.75) is 70.9 Å². The van der Waals surface area contributed by atoms with E-state index in [2.05, 4.69) is 57.2 Å². The molecule has 1 aliphatic rings. The number of nitrogens with two attached hydrogens (primary N) is 2. The summed E-state index contributed by atoms with van der Waals surface area (Å²) in [6.45, 7) is 6.52. The molecule has 2 heteroatoms. The van der Waals surface area contributed by atoms with E-state index >= 15 is 0 Å². The van der Waals surface area contributed by atoms with Crippen LogP contribution in [0.2, 0.25) is 0 Å². The smallest absolute Gasteiger partial charge is 0.0831 e. The molecule has 0 saturated carbocycles. The number of rotatable bonds is 7. The second kappa shape index (κ2) is 7.31. The first kappa shape index (κ1) is 18.2. The zero-order valence-corrected chi connectivity index (χ0v) is 15.9. The fourth-order valence-electron chi connectivity index (χ4n) is 4.22. The van der Waals surface area contributed by atoms with Gasteiger partial charge in [0.15, 0.2) is 0 Å². The van der Waals surface area contributed by atoms with Crippen LogP contribution >= 0.6 is 0 Å². The number of hydrogen-bond donors (Lipinski definition) is 2. The molecule has 1 unspecified atom stereocenters. The third-order valence-electron chi connectivity index (χ3n) is 5.74. The minimum atomic E-state index is -0.573. The molecule has 4 N–H and O–H groups in total. The second-order valence-electron chi connectivity index (χ2n) is 7.78. The molecule has 0 amide bonds. The van der Waals surface area contributed by atoms with Crippen LogP contribution in [0.15, 0.2) is 36.4 Å². The lowest BCUT2D eigenvalue weighted by Gasteiger charge is -2.34. The highest BCUT2D eigenvalue weighted by molar-refractivity contribution is 5.82. The molecule has 1 aliphatic carbocycles. The Kier molecular flexibility index (Phi) is 5.31.